The maximum Gasteiger partial charge on any atom is 0.230 e. The lowest BCUT2D eigenvalue weighted by Crippen LogP contribution is -2.25. The van der Waals surface area contributed by atoms with Gasteiger partial charge in [0.15, 0.2) is 0 Å². The number of hydrogen-bond donors (Lipinski definition) is 4. The minimum Gasteiger partial charge on any atom is -0.457 e. The number of rotatable bonds is 12. The van der Waals surface area contributed by atoms with E-state index in [4.69, 9.17) is 88.4 Å². The first-order chi connectivity index (χ1) is 29.5. The van der Waals surface area contributed by atoms with E-state index >= 15 is 0 Å². The summed E-state index contributed by atoms with van der Waals surface area (Å²) in [5.41, 5.74) is 12.6. The van der Waals surface area contributed by atoms with Gasteiger partial charge in [0, 0.05) is 113 Å². The van der Waals surface area contributed by atoms with Crippen molar-refractivity contribution in [3.05, 3.63) is 91.0 Å². The molecule has 5 aliphatic rings. The van der Waals surface area contributed by atoms with Gasteiger partial charge in [-0.15, -0.1) is 0 Å². The Morgan fingerprint density at radius 2 is 0.500 bits per heavy atom. The van der Waals surface area contributed by atoms with Gasteiger partial charge in [0.25, 0.3) is 0 Å². The summed E-state index contributed by atoms with van der Waals surface area (Å²) in [6.45, 7) is 8.99. The third kappa shape index (κ3) is 6.76. The fourth-order valence-electron chi connectivity index (χ4n) is 10.7. The summed E-state index contributed by atoms with van der Waals surface area (Å²) in [5, 5.41) is 0. The van der Waals surface area contributed by atoms with Crippen LogP contribution in [0.5, 0.6) is 46.0 Å². The smallest absolute Gasteiger partial charge is 0.230 e. The van der Waals surface area contributed by atoms with Crippen LogP contribution in [0.1, 0.15) is 169 Å². The largest absolute Gasteiger partial charge is 0.457 e. The van der Waals surface area contributed by atoms with Crippen LogP contribution in [-0.4, -0.2) is 27.2 Å². The zero-order valence-corrected chi connectivity index (χ0v) is 38.6. The fourth-order valence-corrected chi connectivity index (χ4v) is 11.8. The van der Waals surface area contributed by atoms with Gasteiger partial charge in [-0.1, -0.05) is 53.4 Å². The van der Waals surface area contributed by atoms with E-state index < -0.39 is 0 Å². The van der Waals surface area contributed by atoms with Crippen LogP contribution in [0.15, 0.2) is 24.3 Å². The standard InChI is InChI=1S/C48H56O8S4/c1-5-9-25-29-13-31-26(10-6-2)33-15-35-28(12-8-4)36-16-34-27(11-7-3)32-14-30(25)42-38(18-58)44(32)52-23-54-46(34)40(20-60)48(36)56-24-55-47(35)39(19-59)45(33)53-22-51-43(31)37(17-57)41(29)49-21-50-42/h13-16,25-28,57-60H,5-12,17-24H2,1-4H3. The molecule has 0 spiro atoms. The maximum absolute atomic E-state index is 6.73. The first kappa shape index (κ1) is 42.0. The van der Waals surface area contributed by atoms with Crippen LogP contribution in [0.2, 0.25) is 0 Å². The molecule has 0 atom stereocenters. The van der Waals surface area contributed by atoms with Crippen molar-refractivity contribution in [1.82, 2.24) is 0 Å². The van der Waals surface area contributed by atoms with Crippen molar-refractivity contribution in [3.8, 4) is 46.0 Å². The highest BCUT2D eigenvalue weighted by Gasteiger charge is 2.40. The van der Waals surface area contributed by atoms with Crippen LogP contribution in [0.3, 0.4) is 0 Å². The van der Waals surface area contributed by atoms with Crippen molar-refractivity contribution in [3.63, 3.8) is 0 Å². The Bertz CT molecular complexity index is 1860. The van der Waals surface area contributed by atoms with Crippen LogP contribution in [-0.2, 0) is 23.0 Å². The quantitative estimate of drug-likeness (QED) is 0.105. The molecule has 0 fully saturated rings. The first-order valence-electron chi connectivity index (χ1n) is 21.7. The Labute approximate surface area is 376 Å². The topological polar surface area (TPSA) is 73.8 Å². The summed E-state index contributed by atoms with van der Waals surface area (Å²) in [4.78, 5) is 0. The molecule has 1 aliphatic carbocycles. The molecule has 0 amide bonds. The minimum absolute atomic E-state index is 0.00111. The summed E-state index contributed by atoms with van der Waals surface area (Å²) in [7, 11) is 0. The highest BCUT2D eigenvalue weighted by atomic mass is 32.1. The Morgan fingerprint density at radius 3 is 0.633 bits per heavy atom. The van der Waals surface area contributed by atoms with E-state index in [-0.39, 0.29) is 50.8 Å². The molecule has 12 heteroatoms. The highest BCUT2D eigenvalue weighted by molar-refractivity contribution is 7.79. The normalized spacial score (nSPS) is 20.3. The maximum atomic E-state index is 6.73. The Kier molecular flexibility index (Phi) is 12.5. The molecule has 9 rings (SSSR count). The molecular formula is C48H56O8S4. The number of ether oxygens (including phenoxy) is 8. The third-order valence-electron chi connectivity index (χ3n) is 13.1. The molecule has 0 saturated carbocycles. The van der Waals surface area contributed by atoms with E-state index in [1.807, 2.05) is 0 Å². The van der Waals surface area contributed by atoms with E-state index in [0.29, 0.717) is 23.0 Å². The van der Waals surface area contributed by atoms with Gasteiger partial charge in [0.05, 0.1) is 0 Å². The second-order valence-electron chi connectivity index (χ2n) is 16.4. The van der Waals surface area contributed by atoms with E-state index in [2.05, 4.69) is 52.0 Å². The Hall–Kier alpha value is -3.32. The zero-order valence-electron chi connectivity index (χ0n) is 35.0. The lowest BCUT2D eigenvalue weighted by Gasteiger charge is -2.37. The number of benzene rings is 4. The van der Waals surface area contributed by atoms with E-state index in [1.165, 1.54) is 0 Å². The molecule has 8 bridgehead atoms. The predicted octanol–water partition coefficient (Wildman–Crippen LogP) is 12.4. The summed E-state index contributed by atoms with van der Waals surface area (Å²) >= 11 is 19.9. The molecule has 0 aromatic heterocycles. The van der Waals surface area contributed by atoms with Crippen molar-refractivity contribution in [1.29, 1.82) is 0 Å². The van der Waals surface area contributed by atoms with E-state index in [1.54, 1.807) is 0 Å². The summed E-state index contributed by atoms with van der Waals surface area (Å²) in [5.74, 6) is 7.48. The molecule has 0 saturated heterocycles. The molecule has 320 valence electrons. The van der Waals surface area contributed by atoms with Crippen LogP contribution in [0, 0.1) is 0 Å². The second kappa shape index (κ2) is 17.8. The third-order valence-corrected chi connectivity index (χ3v) is 14.4. The van der Waals surface area contributed by atoms with Gasteiger partial charge in [-0.3, -0.25) is 0 Å². The molecule has 4 aromatic carbocycles. The first-order valence-corrected chi connectivity index (χ1v) is 24.2. The van der Waals surface area contributed by atoms with Crippen molar-refractivity contribution >= 4 is 50.5 Å². The van der Waals surface area contributed by atoms with Gasteiger partial charge in [-0.2, -0.15) is 50.5 Å². The van der Waals surface area contributed by atoms with E-state index in [0.717, 1.165) is 164 Å². The SMILES string of the molecule is CCCC1c2cc3c4c(CS)c2OCOc2c1cc1c(c2CS)OCOc2c(cc5c(c2CS)OCOc2c(cc(c(c2CS)OCO4)C3CCC)C5CCC)C1CCC. The van der Waals surface area contributed by atoms with Gasteiger partial charge in [0.1, 0.15) is 46.0 Å². The number of hydrogen-bond acceptors (Lipinski definition) is 12. The monoisotopic (exact) mass is 888 g/mol. The van der Waals surface area contributed by atoms with E-state index in [9.17, 15) is 0 Å². The molecule has 4 heterocycles. The number of thiol groups is 4. The molecule has 4 aliphatic heterocycles. The average molecular weight is 889 g/mol. The van der Waals surface area contributed by atoms with Crippen molar-refractivity contribution in [2.24, 2.45) is 0 Å². The second-order valence-corrected chi connectivity index (χ2v) is 17.7. The Morgan fingerprint density at radius 1 is 0.333 bits per heavy atom. The van der Waals surface area contributed by atoms with Crippen LogP contribution >= 0.6 is 50.5 Å². The van der Waals surface area contributed by atoms with Gasteiger partial charge in [-0.25, -0.2) is 0 Å². The van der Waals surface area contributed by atoms with Crippen LogP contribution in [0.4, 0.5) is 0 Å². The van der Waals surface area contributed by atoms with Crippen molar-refractivity contribution in [2.45, 2.75) is 126 Å². The van der Waals surface area contributed by atoms with Gasteiger partial charge >= 0.3 is 0 Å². The molecular weight excluding hydrogens is 833 g/mol. The molecule has 4 aromatic rings. The highest BCUT2D eigenvalue weighted by Crippen LogP contribution is 2.58. The molecule has 0 radical (unpaired) electrons. The summed E-state index contributed by atoms with van der Waals surface area (Å²) in [6.07, 6.45) is 7.21. The van der Waals surface area contributed by atoms with Gasteiger partial charge in [-0.05, 0) is 49.9 Å². The van der Waals surface area contributed by atoms with Crippen molar-refractivity contribution in [2.75, 3.05) is 27.2 Å². The van der Waals surface area contributed by atoms with Gasteiger partial charge < -0.3 is 37.9 Å². The lowest BCUT2D eigenvalue weighted by atomic mass is 9.74. The van der Waals surface area contributed by atoms with Crippen LogP contribution < -0.4 is 37.9 Å². The van der Waals surface area contributed by atoms with Gasteiger partial charge in [0.2, 0.25) is 27.2 Å². The molecule has 8 nitrogen and oxygen atoms in total. The molecule has 0 N–H and O–H groups in total. The lowest BCUT2D eigenvalue weighted by molar-refractivity contribution is 0.0954. The molecule has 0 unspecified atom stereocenters. The average Bonchev–Trinajstić information content (AvgIpc) is 3.24. The fraction of sp³-hybridized carbons (Fsp3) is 0.500. The van der Waals surface area contributed by atoms with Crippen LogP contribution in [0.25, 0.3) is 0 Å². The predicted molar refractivity (Wildman–Crippen MR) is 248 cm³/mol. The summed E-state index contributed by atoms with van der Waals surface area (Å²) < 4.78 is 53.8. The summed E-state index contributed by atoms with van der Waals surface area (Å²) in [6, 6.07) is 9.51. The zero-order chi connectivity index (χ0) is 41.7. The van der Waals surface area contributed by atoms with Crippen molar-refractivity contribution < 1.29 is 37.9 Å². The Balaban J connectivity index is 1.50. The molecule has 60 heavy (non-hydrogen) atoms. The minimum atomic E-state index is -0.0776.